The maximum absolute atomic E-state index is 12.5. The van der Waals surface area contributed by atoms with Crippen LogP contribution < -0.4 is 10.1 Å². The van der Waals surface area contributed by atoms with Crippen molar-refractivity contribution in [3.05, 3.63) is 47.3 Å². The zero-order chi connectivity index (χ0) is 21.7. The van der Waals surface area contributed by atoms with Gasteiger partial charge in [0, 0.05) is 13.6 Å². The topological polar surface area (TPSA) is 95.9 Å². The SMILES string of the molecule is CN(CC(=O)NCC(O)COc1ccc(C(F)(F)F)cc1)S(=O)(=O)c1cccs1. The molecule has 0 saturated heterocycles. The summed E-state index contributed by atoms with van der Waals surface area (Å²) in [4.78, 5) is 11.9. The minimum absolute atomic E-state index is 0.109. The Bertz CT molecular complexity index is 900. The van der Waals surface area contributed by atoms with Gasteiger partial charge in [-0.2, -0.15) is 17.5 Å². The van der Waals surface area contributed by atoms with Gasteiger partial charge in [0.05, 0.1) is 12.1 Å². The smallest absolute Gasteiger partial charge is 0.416 e. The number of ether oxygens (including phenoxy) is 1. The van der Waals surface area contributed by atoms with Crippen LogP contribution in [0.25, 0.3) is 0 Å². The Hall–Kier alpha value is -2.15. The quantitative estimate of drug-likeness (QED) is 0.606. The number of alkyl halides is 3. The summed E-state index contributed by atoms with van der Waals surface area (Å²) in [6.07, 6.45) is -5.59. The number of rotatable bonds is 9. The van der Waals surface area contributed by atoms with Gasteiger partial charge in [-0.3, -0.25) is 4.79 Å². The van der Waals surface area contributed by atoms with E-state index in [4.69, 9.17) is 4.74 Å². The van der Waals surface area contributed by atoms with Crippen molar-refractivity contribution in [3.8, 4) is 5.75 Å². The third-order valence-electron chi connectivity index (χ3n) is 3.68. The summed E-state index contributed by atoms with van der Waals surface area (Å²) < 4.78 is 68.1. The van der Waals surface area contributed by atoms with E-state index in [1.165, 1.54) is 13.1 Å². The zero-order valence-electron chi connectivity index (χ0n) is 15.2. The summed E-state index contributed by atoms with van der Waals surface area (Å²) in [6.45, 7) is -0.923. The maximum Gasteiger partial charge on any atom is 0.416 e. The normalized spacial score (nSPS) is 13.3. The number of nitrogens with zero attached hydrogens (tertiary/aromatic N) is 1. The number of halogens is 3. The standard InChI is InChI=1S/C17H19F3N2O5S2/c1-22(29(25,26)16-3-2-8-28-16)10-15(24)21-9-13(23)11-27-14-6-4-12(5-7-14)17(18,19)20/h2-8,13,23H,9-11H2,1H3,(H,21,24). The fourth-order valence-corrected chi connectivity index (χ4v) is 4.46. The number of aliphatic hydroxyl groups is 1. The molecule has 0 aliphatic rings. The molecule has 12 heteroatoms. The molecule has 1 unspecified atom stereocenters. The van der Waals surface area contributed by atoms with Gasteiger partial charge in [0.25, 0.3) is 10.0 Å². The van der Waals surface area contributed by atoms with Gasteiger partial charge in [0.15, 0.2) is 0 Å². The minimum Gasteiger partial charge on any atom is -0.491 e. The van der Waals surface area contributed by atoms with Crippen molar-refractivity contribution in [2.45, 2.75) is 16.5 Å². The largest absolute Gasteiger partial charge is 0.491 e. The third-order valence-corrected chi connectivity index (χ3v) is 6.86. The number of aliphatic hydroxyl groups excluding tert-OH is 1. The summed E-state index contributed by atoms with van der Waals surface area (Å²) in [5.74, 6) is -0.494. The first-order valence-electron chi connectivity index (χ1n) is 8.25. The van der Waals surface area contributed by atoms with E-state index in [2.05, 4.69) is 5.32 Å². The number of likely N-dealkylation sites (N-methyl/N-ethyl adjacent to an activating group) is 1. The highest BCUT2D eigenvalue weighted by molar-refractivity contribution is 7.91. The van der Waals surface area contributed by atoms with Crippen molar-refractivity contribution in [2.75, 3.05) is 26.7 Å². The molecule has 2 aromatic rings. The molecule has 7 nitrogen and oxygen atoms in total. The fraction of sp³-hybridized carbons (Fsp3) is 0.353. The second-order valence-electron chi connectivity index (χ2n) is 5.98. The van der Waals surface area contributed by atoms with E-state index >= 15 is 0 Å². The Kier molecular flexibility index (Phi) is 7.63. The van der Waals surface area contributed by atoms with Crippen molar-refractivity contribution in [2.24, 2.45) is 0 Å². The lowest BCUT2D eigenvalue weighted by atomic mass is 10.2. The number of benzene rings is 1. The van der Waals surface area contributed by atoms with Crippen LogP contribution in [0, 0.1) is 0 Å². The molecule has 0 bridgehead atoms. The van der Waals surface area contributed by atoms with Crippen molar-refractivity contribution in [1.82, 2.24) is 9.62 Å². The molecule has 160 valence electrons. The van der Waals surface area contributed by atoms with Gasteiger partial charge < -0.3 is 15.2 Å². The predicted octanol–water partition coefficient (Wildman–Crippen LogP) is 1.94. The lowest BCUT2D eigenvalue weighted by Crippen LogP contribution is -2.41. The molecule has 0 radical (unpaired) electrons. The number of hydrogen-bond acceptors (Lipinski definition) is 6. The van der Waals surface area contributed by atoms with Crippen LogP contribution >= 0.6 is 11.3 Å². The van der Waals surface area contributed by atoms with E-state index in [0.29, 0.717) is 0 Å². The van der Waals surface area contributed by atoms with Crippen molar-refractivity contribution >= 4 is 27.3 Å². The molecular weight excluding hydrogens is 433 g/mol. The molecule has 0 aliphatic carbocycles. The second kappa shape index (κ2) is 9.57. The highest BCUT2D eigenvalue weighted by atomic mass is 32.2. The van der Waals surface area contributed by atoms with E-state index in [-0.39, 0.29) is 23.1 Å². The molecule has 1 aromatic heterocycles. The number of thiophene rings is 1. The molecule has 0 saturated carbocycles. The van der Waals surface area contributed by atoms with E-state index in [1.54, 1.807) is 11.4 Å². The van der Waals surface area contributed by atoms with Gasteiger partial charge in [-0.05, 0) is 35.7 Å². The predicted molar refractivity (Wildman–Crippen MR) is 100 cm³/mol. The molecule has 0 fully saturated rings. The van der Waals surface area contributed by atoms with Crippen molar-refractivity contribution < 1.29 is 36.2 Å². The lowest BCUT2D eigenvalue weighted by molar-refractivity contribution is -0.137. The summed E-state index contributed by atoms with van der Waals surface area (Å²) in [5.41, 5.74) is -0.820. The Morgan fingerprint density at radius 3 is 2.48 bits per heavy atom. The van der Waals surface area contributed by atoms with Crippen LogP contribution in [0.2, 0.25) is 0 Å². The van der Waals surface area contributed by atoms with Gasteiger partial charge in [-0.15, -0.1) is 11.3 Å². The summed E-state index contributed by atoms with van der Waals surface area (Å²) in [5, 5.41) is 13.8. The number of hydrogen-bond donors (Lipinski definition) is 2. The highest BCUT2D eigenvalue weighted by Gasteiger charge is 2.30. The number of carbonyl (C=O) groups is 1. The van der Waals surface area contributed by atoms with E-state index < -0.39 is 40.3 Å². The average molecular weight is 452 g/mol. The van der Waals surface area contributed by atoms with Crippen LogP contribution in [-0.2, 0) is 21.0 Å². The first kappa shape index (κ1) is 23.1. The number of nitrogens with one attached hydrogen (secondary N) is 1. The lowest BCUT2D eigenvalue weighted by Gasteiger charge is -2.17. The van der Waals surface area contributed by atoms with Crippen LogP contribution in [0.3, 0.4) is 0 Å². The number of sulfonamides is 1. The van der Waals surface area contributed by atoms with Gasteiger partial charge in [-0.1, -0.05) is 6.07 Å². The Balaban J connectivity index is 1.76. The van der Waals surface area contributed by atoms with Crippen molar-refractivity contribution in [3.63, 3.8) is 0 Å². The van der Waals surface area contributed by atoms with E-state index in [0.717, 1.165) is 39.9 Å². The van der Waals surface area contributed by atoms with Gasteiger partial charge in [0.2, 0.25) is 5.91 Å². The molecule has 29 heavy (non-hydrogen) atoms. The first-order chi connectivity index (χ1) is 13.5. The molecule has 0 spiro atoms. The van der Waals surface area contributed by atoms with Gasteiger partial charge in [0.1, 0.15) is 22.7 Å². The van der Waals surface area contributed by atoms with Crippen LogP contribution in [0.5, 0.6) is 5.75 Å². The molecule has 1 aromatic carbocycles. The molecule has 2 N–H and O–H groups in total. The summed E-state index contributed by atoms with van der Waals surface area (Å²) >= 11 is 1.03. The van der Waals surface area contributed by atoms with Crippen LogP contribution in [0.15, 0.2) is 46.0 Å². The molecular formula is C17H19F3N2O5S2. The molecule has 0 aliphatic heterocycles. The molecule has 1 atom stereocenters. The van der Waals surface area contributed by atoms with Crippen LogP contribution in [0.4, 0.5) is 13.2 Å². The number of carbonyl (C=O) groups excluding carboxylic acids is 1. The average Bonchev–Trinajstić information content (AvgIpc) is 3.20. The van der Waals surface area contributed by atoms with Crippen LogP contribution in [-0.4, -0.2) is 56.6 Å². The second-order valence-corrected chi connectivity index (χ2v) is 9.20. The zero-order valence-corrected chi connectivity index (χ0v) is 16.9. The van der Waals surface area contributed by atoms with E-state index in [9.17, 15) is 31.5 Å². The molecule has 2 rings (SSSR count). The number of amides is 1. The van der Waals surface area contributed by atoms with Gasteiger partial charge in [-0.25, -0.2) is 8.42 Å². The van der Waals surface area contributed by atoms with E-state index in [1.807, 2.05) is 0 Å². The van der Waals surface area contributed by atoms with Crippen LogP contribution in [0.1, 0.15) is 5.56 Å². The Morgan fingerprint density at radius 1 is 1.28 bits per heavy atom. The maximum atomic E-state index is 12.5. The Labute approximate surface area is 169 Å². The fourth-order valence-electron chi connectivity index (χ4n) is 2.13. The Morgan fingerprint density at radius 2 is 1.93 bits per heavy atom. The summed E-state index contributed by atoms with van der Waals surface area (Å²) in [6, 6.07) is 6.97. The molecule has 1 heterocycles. The summed E-state index contributed by atoms with van der Waals surface area (Å²) in [7, 11) is -2.50. The molecule has 1 amide bonds. The highest BCUT2D eigenvalue weighted by Crippen LogP contribution is 2.30. The van der Waals surface area contributed by atoms with Crippen molar-refractivity contribution in [1.29, 1.82) is 0 Å². The first-order valence-corrected chi connectivity index (χ1v) is 10.6. The third kappa shape index (κ3) is 6.70. The minimum atomic E-state index is -4.45. The monoisotopic (exact) mass is 452 g/mol. The van der Waals surface area contributed by atoms with Gasteiger partial charge >= 0.3 is 6.18 Å².